The molecule has 1 N–H and O–H groups in total. The number of hydrogen-bond acceptors (Lipinski definition) is 7. The minimum atomic E-state index is -3.94. The Balaban J connectivity index is 2.13. The molecular formula is C17H17FN4O6S. The van der Waals surface area contributed by atoms with Crippen molar-refractivity contribution in [2.45, 2.75) is 0 Å². The molecule has 0 bridgehead atoms. The molecule has 29 heavy (non-hydrogen) atoms. The molecular weight excluding hydrogens is 407 g/mol. The predicted octanol–water partition coefficient (Wildman–Crippen LogP) is 1.66. The Labute approximate surface area is 165 Å². The summed E-state index contributed by atoms with van der Waals surface area (Å²) in [6, 6.07) is 9.15. The van der Waals surface area contributed by atoms with Crippen molar-refractivity contribution in [3.8, 4) is 5.75 Å². The van der Waals surface area contributed by atoms with Crippen LogP contribution < -0.4 is 14.5 Å². The van der Waals surface area contributed by atoms with Gasteiger partial charge < -0.3 is 4.74 Å². The van der Waals surface area contributed by atoms with Crippen molar-refractivity contribution in [3.63, 3.8) is 0 Å². The van der Waals surface area contributed by atoms with Crippen molar-refractivity contribution in [2.75, 3.05) is 24.2 Å². The van der Waals surface area contributed by atoms with Crippen molar-refractivity contribution in [1.29, 1.82) is 0 Å². The SMILES string of the molecule is COc1ccc(/C=N\NC(=O)CN(c2ccccc2F)S(C)(=O)=O)cc1[N+](=O)[O-]. The molecule has 12 heteroatoms. The lowest BCUT2D eigenvalue weighted by Crippen LogP contribution is -2.39. The van der Waals surface area contributed by atoms with Gasteiger partial charge in [-0.05, 0) is 24.3 Å². The first-order chi connectivity index (χ1) is 13.6. The van der Waals surface area contributed by atoms with E-state index in [0.717, 1.165) is 18.5 Å². The Hall–Kier alpha value is -3.54. The third kappa shape index (κ3) is 5.72. The van der Waals surface area contributed by atoms with Crippen LogP contribution >= 0.6 is 0 Å². The number of sulfonamides is 1. The highest BCUT2D eigenvalue weighted by atomic mass is 32.2. The number of anilines is 1. The number of nitro benzene ring substituents is 1. The zero-order chi connectivity index (χ0) is 21.6. The summed E-state index contributed by atoms with van der Waals surface area (Å²) in [5.41, 5.74) is 1.83. The second kappa shape index (κ2) is 9.10. The molecule has 0 aromatic heterocycles. The van der Waals surface area contributed by atoms with Crippen molar-refractivity contribution >= 4 is 33.5 Å². The van der Waals surface area contributed by atoms with Crippen LogP contribution in [0.15, 0.2) is 47.6 Å². The fourth-order valence-corrected chi connectivity index (χ4v) is 3.17. The van der Waals surface area contributed by atoms with E-state index in [2.05, 4.69) is 10.5 Å². The van der Waals surface area contributed by atoms with Gasteiger partial charge in [-0.1, -0.05) is 12.1 Å². The third-order valence-electron chi connectivity index (χ3n) is 3.61. The lowest BCUT2D eigenvalue weighted by Gasteiger charge is -2.21. The highest BCUT2D eigenvalue weighted by Crippen LogP contribution is 2.26. The number of carbonyl (C=O) groups is 1. The van der Waals surface area contributed by atoms with E-state index >= 15 is 0 Å². The molecule has 0 aliphatic heterocycles. The summed E-state index contributed by atoms with van der Waals surface area (Å²) in [4.78, 5) is 22.4. The Kier molecular flexibility index (Phi) is 6.83. The Morgan fingerprint density at radius 2 is 2.03 bits per heavy atom. The largest absolute Gasteiger partial charge is 0.490 e. The first-order valence-corrected chi connectivity index (χ1v) is 9.85. The third-order valence-corrected chi connectivity index (χ3v) is 4.74. The van der Waals surface area contributed by atoms with Crippen LogP contribution in [0.3, 0.4) is 0 Å². The van der Waals surface area contributed by atoms with Gasteiger partial charge in [-0.3, -0.25) is 19.2 Å². The van der Waals surface area contributed by atoms with E-state index < -0.39 is 33.2 Å². The summed E-state index contributed by atoms with van der Waals surface area (Å²) in [5.74, 6) is -1.58. The number of halogens is 1. The summed E-state index contributed by atoms with van der Waals surface area (Å²) >= 11 is 0. The number of nitrogens with zero attached hydrogens (tertiary/aromatic N) is 3. The van der Waals surface area contributed by atoms with Crippen molar-refractivity contribution < 1.29 is 27.3 Å². The minimum absolute atomic E-state index is 0.0601. The highest BCUT2D eigenvalue weighted by molar-refractivity contribution is 7.92. The number of carbonyl (C=O) groups excluding carboxylic acids is 1. The van der Waals surface area contributed by atoms with Crippen LogP contribution in [0, 0.1) is 15.9 Å². The summed E-state index contributed by atoms with van der Waals surface area (Å²) in [7, 11) is -2.65. The molecule has 1 amide bonds. The monoisotopic (exact) mass is 424 g/mol. The van der Waals surface area contributed by atoms with Gasteiger partial charge in [0, 0.05) is 11.6 Å². The fourth-order valence-electron chi connectivity index (χ4n) is 2.31. The lowest BCUT2D eigenvalue weighted by atomic mass is 10.2. The smallest absolute Gasteiger partial charge is 0.311 e. The summed E-state index contributed by atoms with van der Waals surface area (Å²) in [6.07, 6.45) is 1.98. The second-order valence-corrected chi connectivity index (χ2v) is 7.61. The standard InChI is InChI=1S/C17H17FN4O6S/c1-28-16-8-7-12(9-15(16)22(24)25)10-19-20-17(23)11-21(29(2,26)27)14-6-4-3-5-13(14)18/h3-10H,11H2,1-2H3,(H,20,23)/b19-10-. The van der Waals surface area contributed by atoms with Crippen LogP contribution in [0.2, 0.25) is 0 Å². The van der Waals surface area contributed by atoms with Gasteiger partial charge in [0.2, 0.25) is 10.0 Å². The summed E-state index contributed by atoms with van der Waals surface area (Å²) in [5, 5.41) is 14.7. The van der Waals surface area contributed by atoms with Gasteiger partial charge in [-0.25, -0.2) is 18.2 Å². The molecule has 0 spiro atoms. The number of hydrazone groups is 1. The van der Waals surface area contributed by atoms with E-state index in [9.17, 15) is 27.7 Å². The second-order valence-electron chi connectivity index (χ2n) is 5.70. The number of nitro groups is 1. The summed E-state index contributed by atoms with van der Waals surface area (Å²) < 4.78 is 43.3. The van der Waals surface area contributed by atoms with E-state index in [1.807, 2.05) is 0 Å². The number of amides is 1. The van der Waals surface area contributed by atoms with E-state index in [4.69, 9.17) is 4.74 Å². The first-order valence-electron chi connectivity index (χ1n) is 8.00. The molecule has 2 rings (SSSR count). The van der Waals surface area contributed by atoms with Crippen LogP contribution in [0.5, 0.6) is 5.75 Å². The van der Waals surface area contributed by atoms with Crippen LogP contribution in [0.4, 0.5) is 15.8 Å². The molecule has 0 saturated carbocycles. The van der Waals surface area contributed by atoms with Crippen LogP contribution in [-0.4, -0.2) is 45.4 Å². The summed E-state index contributed by atoms with van der Waals surface area (Å²) in [6.45, 7) is -0.708. The topological polar surface area (TPSA) is 131 Å². The molecule has 0 heterocycles. The Morgan fingerprint density at radius 3 is 2.62 bits per heavy atom. The van der Waals surface area contributed by atoms with Gasteiger partial charge in [0.1, 0.15) is 12.4 Å². The Morgan fingerprint density at radius 1 is 1.34 bits per heavy atom. The highest BCUT2D eigenvalue weighted by Gasteiger charge is 2.23. The average molecular weight is 424 g/mol. The van der Waals surface area contributed by atoms with Gasteiger partial charge in [0.05, 0.1) is 30.2 Å². The van der Waals surface area contributed by atoms with Gasteiger partial charge in [-0.2, -0.15) is 5.10 Å². The quantitative estimate of drug-likeness (QED) is 0.389. The lowest BCUT2D eigenvalue weighted by molar-refractivity contribution is -0.385. The first kappa shape index (κ1) is 21.8. The molecule has 0 saturated heterocycles. The van der Waals surface area contributed by atoms with Crippen LogP contribution in [0.25, 0.3) is 0 Å². The molecule has 0 fully saturated rings. The van der Waals surface area contributed by atoms with Gasteiger partial charge in [-0.15, -0.1) is 0 Å². The number of methoxy groups -OCH3 is 1. The number of para-hydroxylation sites is 1. The van der Waals surface area contributed by atoms with Crippen molar-refractivity contribution in [3.05, 3.63) is 64.0 Å². The maximum Gasteiger partial charge on any atom is 0.311 e. The van der Waals surface area contributed by atoms with Gasteiger partial charge >= 0.3 is 5.69 Å². The molecule has 0 unspecified atom stereocenters. The normalized spacial score (nSPS) is 11.3. The van der Waals surface area contributed by atoms with Gasteiger partial charge in [0.15, 0.2) is 5.75 Å². The molecule has 0 aliphatic rings. The van der Waals surface area contributed by atoms with Crippen LogP contribution in [0.1, 0.15) is 5.56 Å². The molecule has 0 atom stereocenters. The van der Waals surface area contributed by atoms with Crippen LogP contribution in [-0.2, 0) is 14.8 Å². The maximum atomic E-state index is 13.9. The number of rotatable bonds is 8. The number of nitrogens with one attached hydrogen (secondary N) is 1. The minimum Gasteiger partial charge on any atom is -0.490 e. The zero-order valence-corrected chi connectivity index (χ0v) is 16.2. The molecule has 154 valence electrons. The van der Waals surface area contributed by atoms with E-state index in [-0.39, 0.29) is 17.1 Å². The molecule has 2 aromatic rings. The predicted molar refractivity (Wildman–Crippen MR) is 104 cm³/mol. The molecule has 0 aliphatic carbocycles. The van der Waals surface area contributed by atoms with E-state index in [1.165, 1.54) is 43.5 Å². The average Bonchev–Trinajstić information content (AvgIpc) is 2.66. The number of hydrogen-bond donors (Lipinski definition) is 1. The maximum absolute atomic E-state index is 13.9. The number of ether oxygens (including phenoxy) is 1. The number of benzene rings is 2. The zero-order valence-electron chi connectivity index (χ0n) is 15.4. The van der Waals surface area contributed by atoms with Gasteiger partial charge in [0.25, 0.3) is 5.91 Å². The Bertz CT molecular complexity index is 1060. The van der Waals surface area contributed by atoms with Crippen molar-refractivity contribution in [1.82, 2.24) is 5.43 Å². The molecule has 10 nitrogen and oxygen atoms in total. The van der Waals surface area contributed by atoms with Crippen molar-refractivity contribution in [2.24, 2.45) is 5.10 Å². The fraction of sp³-hybridized carbons (Fsp3) is 0.176. The molecule has 2 aromatic carbocycles. The van der Waals surface area contributed by atoms with E-state index in [1.54, 1.807) is 0 Å². The molecule has 0 radical (unpaired) electrons. The van der Waals surface area contributed by atoms with E-state index in [0.29, 0.717) is 9.87 Å².